The third-order valence-electron chi connectivity index (χ3n) is 5.79. The molecule has 0 radical (unpaired) electrons. The standard InChI is InChI=1S/C28H28N2O6/c1-4-35-23-12-11-19(17-30-27(32)20-8-6-7-9-21(20)28(30)33)14-22(23)26(31)29-16-18-10-13-24(36-5-2)25(15-18)34-3/h6-15H,4-5,16-17H2,1-3H3,(H,29,31). The maximum absolute atomic E-state index is 13.1. The van der Waals surface area contributed by atoms with Gasteiger partial charge in [0.15, 0.2) is 11.5 Å². The van der Waals surface area contributed by atoms with E-state index in [4.69, 9.17) is 14.2 Å². The van der Waals surface area contributed by atoms with Crippen molar-refractivity contribution in [3.05, 3.63) is 88.5 Å². The number of methoxy groups -OCH3 is 1. The van der Waals surface area contributed by atoms with Crippen LogP contribution < -0.4 is 19.5 Å². The van der Waals surface area contributed by atoms with Crippen LogP contribution >= 0.6 is 0 Å². The van der Waals surface area contributed by atoms with E-state index in [0.29, 0.717) is 52.7 Å². The zero-order valence-electron chi connectivity index (χ0n) is 20.5. The van der Waals surface area contributed by atoms with Crippen molar-refractivity contribution in [3.63, 3.8) is 0 Å². The lowest BCUT2D eigenvalue weighted by molar-refractivity contribution is 0.0642. The Morgan fingerprint density at radius 3 is 2.06 bits per heavy atom. The first-order valence-corrected chi connectivity index (χ1v) is 11.8. The summed E-state index contributed by atoms with van der Waals surface area (Å²) in [7, 11) is 1.56. The zero-order chi connectivity index (χ0) is 25.7. The van der Waals surface area contributed by atoms with Crippen LogP contribution in [0.1, 0.15) is 56.0 Å². The number of ether oxygens (including phenoxy) is 3. The largest absolute Gasteiger partial charge is 0.493 e. The van der Waals surface area contributed by atoms with E-state index in [1.807, 2.05) is 26.0 Å². The second-order valence-electron chi connectivity index (χ2n) is 8.11. The van der Waals surface area contributed by atoms with Gasteiger partial charge in [0.2, 0.25) is 0 Å². The molecule has 0 fully saturated rings. The lowest BCUT2D eigenvalue weighted by Gasteiger charge is -2.17. The van der Waals surface area contributed by atoms with Crippen LogP contribution in [0.25, 0.3) is 0 Å². The summed E-state index contributed by atoms with van der Waals surface area (Å²) < 4.78 is 16.6. The van der Waals surface area contributed by atoms with Crippen LogP contribution in [0.3, 0.4) is 0 Å². The third kappa shape index (κ3) is 5.02. The van der Waals surface area contributed by atoms with Gasteiger partial charge < -0.3 is 19.5 Å². The van der Waals surface area contributed by atoms with Gasteiger partial charge in [0.25, 0.3) is 17.7 Å². The minimum absolute atomic E-state index is 0.0507. The number of imide groups is 1. The van der Waals surface area contributed by atoms with Gasteiger partial charge >= 0.3 is 0 Å². The molecule has 36 heavy (non-hydrogen) atoms. The molecule has 3 aromatic carbocycles. The molecule has 8 heteroatoms. The van der Waals surface area contributed by atoms with Crippen molar-refractivity contribution < 1.29 is 28.6 Å². The number of hydrogen-bond acceptors (Lipinski definition) is 6. The van der Waals surface area contributed by atoms with E-state index in [-0.39, 0.29) is 30.8 Å². The number of carbonyl (C=O) groups is 3. The lowest BCUT2D eigenvalue weighted by Crippen LogP contribution is -2.29. The molecule has 3 amide bonds. The summed E-state index contributed by atoms with van der Waals surface area (Å²) in [6, 6.07) is 17.3. The highest BCUT2D eigenvalue weighted by molar-refractivity contribution is 6.21. The molecule has 0 spiro atoms. The molecule has 0 aliphatic carbocycles. The number of nitrogens with one attached hydrogen (secondary N) is 1. The van der Waals surface area contributed by atoms with Gasteiger partial charge in [-0.05, 0) is 61.4 Å². The number of carbonyl (C=O) groups excluding carboxylic acids is 3. The molecule has 1 N–H and O–H groups in total. The van der Waals surface area contributed by atoms with E-state index in [1.165, 1.54) is 4.90 Å². The monoisotopic (exact) mass is 488 g/mol. The Balaban J connectivity index is 1.52. The molecule has 8 nitrogen and oxygen atoms in total. The van der Waals surface area contributed by atoms with Gasteiger partial charge in [-0.25, -0.2) is 0 Å². The Hall–Kier alpha value is -4.33. The smallest absolute Gasteiger partial charge is 0.261 e. The molecule has 1 heterocycles. The predicted molar refractivity (Wildman–Crippen MR) is 134 cm³/mol. The molecule has 0 bridgehead atoms. The van der Waals surface area contributed by atoms with Crippen molar-refractivity contribution in [1.82, 2.24) is 10.2 Å². The Kier molecular flexibility index (Phi) is 7.53. The van der Waals surface area contributed by atoms with Crippen molar-refractivity contribution in [1.29, 1.82) is 0 Å². The van der Waals surface area contributed by atoms with Crippen LogP contribution in [0.2, 0.25) is 0 Å². The number of fused-ring (bicyclic) bond motifs is 1. The molecule has 1 aliphatic rings. The summed E-state index contributed by atoms with van der Waals surface area (Å²) in [6.07, 6.45) is 0. The molecule has 1 aliphatic heterocycles. The maximum Gasteiger partial charge on any atom is 0.261 e. The lowest BCUT2D eigenvalue weighted by atomic mass is 10.1. The fourth-order valence-corrected chi connectivity index (χ4v) is 4.07. The number of rotatable bonds is 10. The van der Waals surface area contributed by atoms with Crippen LogP contribution in [0.4, 0.5) is 0 Å². The third-order valence-corrected chi connectivity index (χ3v) is 5.79. The Morgan fingerprint density at radius 1 is 0.806 bits per heavy atom. The van der Waals surface area contributed by atoms with Crippen LogP contribution in [-0.2, 0) is 13.1 Å². The second kappa shape index (κ2) is 10.9. The molecule has 0 unspecified atom stereocenters. The first-order valence-electron chi connectivity index (χ1n) is 11.8. The topological polar surface area (TPSA) is 94.2 Å². The summed E-state index contributed by atoms with van der Waals surface area (Å²) >= 11 is 0. The molecule has 186 valence electrons. The molecular formula is C28H28N2O6. The molecule has 0 saturated heterocycles. The molecule has 4 rings (SSSR count). The number of amides is 3. The molecule has 0 aromatic heterocycles. The summed E-state index contributed by atoms with van der Waals surface area (Å²) in [4.78, 5) is 39.8. The number of hydrogen-bond donors (Lipinski definition) is 1. The van der Waals surface area contributed by atoms with Crippen molar-refractivity contribution in [2.24, 2.45) is 0 Å². The highest BCUT2D eigenvalue weighted by Gasteiger charge is 2.35. The van der Waals surface area contributed by atoms with Gasteiger partial charge in [-0.2, -0.15) is 0 Å². The van der Waals surface area contributed by atoms with Gasteiger partial charge in [0.1, 0.15) is 5.75 Å². The Bertz CT molecular complexity index is 1270. The quantitative estimate of drug-likeness (QED) is 0.430. The summed E-state index contributed by atoms with van der Waals surface area (Å²) in [6.45, 7) is 4.94. The van der Waals surface area contributed by atoms with E-state index in [1.54, 1.807) is 55.6 Å². The van der Waals surface area contributed by atoms with Crippen LogP contribution in [-0.4, -0.2) is 42.9 Å². The zero-order valence-corrected chi connectivity index (χ0v) is 20.5. The first kappa shape index (κ1) is 24.8. The van der Waals surface area contributed by atoms with Gasteiger partial charge in [0.05, 0.1) is 43.6 Å². The summed E-state index contributed by atoms with van der Waals surface area (Å²) in [5, 5.41) is 2.91. The minimum atomic E-state index is -0.347. The highest BCUT2D eigenvalue weighted by atomic mass is 16.5. The Morgan fingerprint density at radius 2 is 1.42 bits per heavy atom. The van der Waals surface area contributed by atoms with Crippen molar-refractivity contribution >= 4 is 17.7 Å². The predicted octanol–water partition coefficient (Wildman–Crippen LogP) is 4.22. The normalized spacial score (nSPS) is 12.4. The van der Waals surface area contributed by atoms with Crippen LogP contribution in [0.5, 0.6) is 17.2 Å². The summed E-state index contributed by atoms with van der Waals surface area (Å²) in [5.74, 6) is 0.608. The molecular weight excluding hydrogens is 460 g/mol. The molecule has 0 atom stereocenters. The van der Waals surface area contributed by atoms with Crippen LogP contribution in [0, 0.1) is 0 Å². The minimum Gasteiger partial charge on any atom is -0.493 e. The van der Waals surface area contributed by atoms with E-state index >= 15 is 0 Å². The fourth-order valence-electron chi connectivity index (χ4n) is 4.07. The highest BCUT2D eigenvalue weighted by Crippen LogP contribution is 2.29. The molecule has 3 aromatic rings. The van der Waals surface area contributed by atoms with E-state index in [0.717, 1.165) is 5.56 Å². The molecule has 0 saturated carbocycles. The van der Waals surface area contributed by atoms with Gasteiger partial charge in [-0.1, -0.05) is 24.3 Å². The number of nitrogens with zero attached hydrogens (tertiary/aromatic N) is 1. The average molecular weight is 489 g/mol. The number of benzene rings is 3. The fraction of sp³-hybridized carbons (Fsp3) is 0.250. The van der Waals surface area contributed by atoms with Gasteiger partial charge in [-0.3, -0.25) is 19.3 Å². The van der Waals surface area contributed by atoms with Gasteiger partial charge in [0, 0.05) is 6.54 Å². The average Bonchev–Trinajstić information content (AvgIpc) is 3.14. The van der Waals surface area contributed by atoms with E-state index in [9.17, 15) is 14.4 Å². The first-order chi connectivity index (χ1) is 17.5. The van der Waals surface area contributed by atoms with E-state index in [2.05, 4.69) is 5.32 Å². The van der Waals surface area contributed by atoms with Crippen molar-refractivity contribution in [3.8, 4) is 17.2 Å². The SMILES string of the molecule is CCOc1ccc(CNC(=O)c2cc(CN3C(=O)c4ccccc4C3=O)ccc2OCC)cc1OC. The van der Waals surface area contributed by atoms with E-state index < -0.39 is 0 Å². The van der Waals surface area contributed by atoms with Crippen molar-refractivity contribution in [2.75, 3.05) is 20.3 Å². The summed E-state index contributed by atoms with van der Waals surface area (Å²) in [5.41, 5.74) is 2.57. The maximum atomic E-state index is 13.1. The van der Waals surface area contributed by atoms with Crippen molar-refractivity contribution in [2.45, 2.75) is 26.9 Å². The van der Waals surface area contributed by atoms with Crippen LogP contribution in [0.15, 0.2) is 60.7 Å². The van der Waals surface area contributed by atoms with Gasteiger partial charge in [-0.15, -0.1) is 0 Å². The second-order valence-corrected chi connectivity index (χ2v) is 8.11. The Labute approximate surface area is 209 Å².